The first-order valence-corrected chi connectivity index (χ1v) is 12.3. The topological polar surface area (TPSA) is 77.8 Å². The number of benzene rings is 2. The van der Waals surface area contributed by atoms with Gasteiger partial charge in [0.15, 0.2) is 5.76 Å². The van der Waals surface area contributed by atoms with Gasteiger partial charge in [0.25, 0.3) is 0 Å². The molecule has 6 nitrogen and oxygen atoms in total. The predicted molar refractivity (Wildman–Crippen MR) is 136 cm³/mol. The number of methoxy groups -OCH3 is 1. The van der Waals surface area contributed by atoms with Crippen molar-refractivity contribution in [3.63, 3.8) is 0 Å². The Morgan fingerprint density at radius 2 is 1.71 bits per heavy atom. The highest BCUT2D eigenvalue weighted by Crippen LogP contribution is 2.52. The molecule has 4 aromatic rings. The van der Waals surface area contributed by atoms with E-state index in [9.17, 15) is 9.59 Å². The van der Waals surface area contributed by atoms with Gasteiger partial charge >= 0.3 is 12.1 Å². The Labute approximate surface area is 207 Å². The van der Waals surface area contributed by atoms with Crippen LogP contribution < -0.4 is 5.32 Å². The molecular weight excluding hydrogens is 462 g/mol. The maximum absolute atomic E-state index is 12.3. The Morgan fingerprint density at radius 3 is 2.43 bits per heavy atom. The molecule has 0 unspecified atom stereocenters. The van der Waals surface area contributed by atoms with Gasteiger partial charge in [-0.3, -0.25) is 10.1 Å². The van der Waals surface area contributed by atoms with Crippen LogP contribution in [-0.4, -0.2) is 25.8 Å². The molecule has 0 saturated heterocycles. The first kappa shape index (κ1) is 22.9. The summed E-state index contributed by atoms with van der Waals surface area (Å²) in [4.78, 5) is 26.6. The number of hydrogen-bond acceptors (Lipinski definition) is 6. The number of amides is 1. The average Bonchev–Trinajstić information content (AvgIpc) is 3.31. The standard InChI is InChI=1S/C28H25NO5S/c1-32-26(30)28(15-16-28)24-12-11-23(35-24)20-7-9-21(10-8-20)25-22(14-18-33-25)29-27(31)34-17-13-19-5-3-2-4-6-19/h2-12,14,18H,13,15-17H2,1H3,(H,29,31). The van der Waals surface area contributed by atoms with Crippen molar-refractivity contribution in [2.24, 2.45) is 0 Å². The fraction of sp³-hybridized carbons (Fsp3) is 0.214. The fourth-order valence-corrected chi connectivity index (χ4v) is 5.34. The van der Waals surface area contributed by atoms with Crippen molar-refractivity contribution in [2.45, 2.75) is 24.7 Å². The number of ether oxygens (including phenoxy) is 2. The molecular formula is C28H25NO5S. The number of furan rings is 1. The summed E-state index contributed by atoms with van der Waals surface area (Å²) >= 11 is 1.62. The summed E-state index contributed by atoms with van der Waals surface area (Å²) in [6, 6.07) is 23.6. The number of anilines is 1. The van der Waals surface area contributed by atoms with Gasteiger partial charge in [-0.25, -0.2) is 4.79 Å². The van der Waals surface area contributed by atoms with Crippen LogP contribution >= 0.6 is 11.3 Å². The van der Waals surface area contributed by atoms with Crippen molar-refractivity contribution >= 4 is 29.1 Å². The van der Waals surface area contributed by atoms with E-state index >= 15 is 0 Å². The van der Waals surface area contributed by atoms with E-state index < -0.39 is 11.5 Å². The van der Waals surface area contributed by atoms with Crippen molar-refractivity contribution in [3.05, 3.63) is 89.5 Å². The number of esters is 1. The smallest absolute Gasteiger partial charge is 0.411 e. The summed E-state index contributed by atoms with van der Waals surface area (Å²) in [5.74, 6) is 0.406. The van der Waals surface area contributed by atoms with Crippen LogP contribution in [0.15, 0.2) is 83.5 Å². The van der Waals surface area contributed by atoms with E-state index in [2.05, 4.69) is 5.32 Å². The zero-order valence-electron chi connectivity index (χ0n) is 19.3. The van der Waals surface area contributed by atoms with E-state index in [-0.39, 0.29) is 12.6 Å². The van der Waals surface area contributed by atoms with Crippen LogP contribution in [0.3, 0.4) is 0 Å². The molecule has 0 spiro atoms. The molecule has 1 N–H and O–H groups in total. The van der Waals surface area contributed by atoms with E-state index in [0.29, 0.717) is 17.9 Å². The molecule has 2 aromatic carbocycles. The minimum absolute atomic E-state index is 0.155. The number of rotatable bonds is 8. The molecule has 1 aliphatic carbocycles. The van der Waals surface area contributed by atoms with E-state index in [1.54, 1.807) is 17.4 Å². The van der Waals surface area contributed by atoms with Crippen molar-refractivity contribution < 1.29 is 23.5 Å². The van der Waals surface area contributed by atoms with E-state index in [1.165, 1.54) is 13.4 Å². The zero-order chi connectivity index (χ0) is 24.3. The second-order valence-electron chi connectivity index (χ2n) is 8.47. The molecule has 0 bridgehead atoms. The van der Waals surface area contributed by atoms with Crippen LogP contribution in [0, 0.1) is 0 Å². The van der Waals surface area contributed by atoms with Gasteiger partial charge in [0.2, 0.25) is 0 Å². The molecule has 5 rings (SSSR count). The Balaban J connectivity index is 1.23. The van der Waals surface area contributed by atoms with Gasteiger partial charge in [0.05, 0.1) is 25.7 Å². The van der Waals surface area contributed by atoms with Gasteiger partial charge in [-0.05, 0) is 36.1 Å². The van der Waals surface area contributed by atoms with Crippen LogP contribution in [0.5, 0.6) is 0 Å². The lowest BCUT2D eigenvalue weighted by Crippen LogP contribution is -2.20. The quantitative estimate of drug-likeness (QED) is 0.281. The lowest BCUT2D eigenvalue weighted by atomic mass is 10.1. The van der Waals surface area contributed by atoms with Crippen LogP contribution in [0.1, 0.15) is 23.3 Å². The van der Waals surface area contributed by atoms with Gasteiger partial charge in [-0.15, -0.1) is 11.3 Å². The predicted octanol–water partition coefficient (Wildman–Crippen LogP) is 6.67. The van der Waals surface area contributed by atoms with Crippen LogP contribution in [-0.2, 0) is 26.1 Å². The van der Waals surface area contributed by atoms with Gasteiger partial charge in [-0.2, -0.15) is 0 Å². The van der Waals surface area contributed by atoms with Crippen LogP contribution in [0.25, 0.3) is 21.8 Å². The lowest BCUT2D eigenvalue weighted by Gasteiger charge is -2.09. The summed E-state index contributed by atoms with van der Waals surface area (Å²) in [7, 11) is 1.44. The van der Waals surface area contributed by atoms with Gasteiger partial charge in [-0.1, -0.05) is 54.6 Å². The number of nitrogens with one attached hydrogen (secondary N) is 1. The normalized spacial score (nSPS) is 13.7. The average molecular weight is 488 g/mol. The second kappa shape index (κ2) is 9.80. The van der Waals surface area contributed by atoms with Gasteiger partial charge in [0, 0.05) is 27.8 Å². The lowest BCUT2D eigenvalue weighted by molar-refractivity contribution is -0.143. The summed E-state index contributed by atoms with van der Waals surface area (Å²) in [6.07, 6.45) is 3.34. The third-order valence-electron chi connectivity index (χ3n) is 6.20. The van der Waals surface area contributed by atoms with E-state index in [4.69, 9.17) is 13.9 Å². The summed E-state index contributed by atoms with van der Waals surface area (Å²) in [6.45, 7) is 0.289. The molecule has 178 valence electrons. The zero-order valence-corrected chi connectivity index (χ0v) is 20.1. The third-order valence-corrected chi connectivity index (χ3v) is 7.54. The maximum Gasteiger partial charge on any atom is 0.411 e. The molecule has 2 aromatic heterocycles. The van der Waals surface area contributed by atoms with E-state index in [1.807, 2.05) is 66.7 Å². The summed E-state index contributed by atoms with van der Waals surface area (Å²) in [5.41, 5.74) is 3.09. The SMILES string of the molecule is COC(=O)C1(c2ccc(-c3ccc(-c4occc4NC(=O)OCCc4ccccc4)cc3)s2)CC1. The first-order chi connectivity index (χ1) is 17.1. The number of carbonyl (C=O) groups excluding carboxylic acids is 2. The van der Waals surface area contributed by atoms with Crippen molar-refractivity contribution in [3.8, 4) is 21.8 Å². The molecule has 0 radical (unpaired) electrons. The summed E-state index contributed by atoms with van der Waals surface area (Å²) < 4.78 is 16.0. The fourth-order valence-electron chi connectivity index (χ4n) is 4.09. The third kappa shape index (κ3) is 4.86. The molecule has 2 heterocycles. The number of carbonyl (C=O) groups is 2. The molecule has 7 heteroatoms. The Kier molecular flexibility index (Phi) is 6.42. The Bertz CT molecular complexity index is 1320. The molecule has 1 saturated carbocycles. The summed E-state index contributed by atoms with van der Waals surface area (Å²) in [5, 5.41) is 2.77. The van der Waals surface area contributed by atoms with Crippen molar-refractivity contribution in [1.82, 2.24) is 0 Å². The molecule has 1 aliphatic rings. The van der Waals surface area contributed by atoms with E-state index in [0.717, 1.165) is 39.3 Å². The van der Waals surface area contributed by atoms with Gasteiger partial charge in [0.1, 0.15) is 5.41 Å². The highest BCUT2D eigenvalue weighted by molar-refractivity contribution is 7.15. The van der Waals surface area contributed by atoms with Gasteiger partial charge < -0.3 is 13.9 Å². The first-order valence-electron chi connectivity index (χ1n) is 11.4. The number of thiophene rings is 1. The minimum Gasteiger partial charge on any atom is -0.468 e. The minimum atomic E-state index is -0.522. The highest BCUT2D eigenvalue weighted by Gasteiger charge is 2.53. The maximum atomic E-state index is 12.3. The van der Waals surface area contributed by atoms with Crippen LogP contribution in [0.2, 0.25) is 0 Å². The molecule has 0 aliphatic heterocycles. The van der Waals surface area contributed by atoms with Crippen LogP contribution in [0.4, 0.5) is 10.5 Å². The molecule has 1 amide bonds. The Hall–Kier alpha value is -3.84. The Morgan fingerprint density at radius 1 is 0.971 bits per heavy atom. The number of hydrogen-bond donors (Lipinski definition) is 1. The molecule has 35 heavy (non-hydrogen) atoms. The monoisotopic (exact) mass is 487 g/mol. The molecule has 1 fully saturated rings. The second-order valence-corrected chi connectivity index (χ2v) is 9.56. The largest absolute Gasteiger partial charge is 0.468 e. The van der Waals surface area contributed by atoms with Crippen molar-refractivity contribution in [2.75, 3.05) is 19.0 Å². The highest BCUT2D eigenvalue weighted by atomic mass is 32.1. The van der Waals surface area contributed by atoms with Crippen molar-refractivity contribution in [1.29, 1.82) is 0 Å². The molecule has 0 atom stereocenters.